The van der Waals surface area contributed by atoms with Crippen LogP contribution < -0.4 is 5.32 Å². The first-order chi connectivity index (χ1) is 8.83. The van der Waals surface area contributed by atoms with E-state index in [1.165, 1.54) is 5.56 Å². The molecule has 3 nitrogen and oxygen atoms in total. The van der Waals surface area contributed by atoms with Crippen LogP contribution in [0.2, 0.25) is 0 Å². The van der Waals surface area contributed by atoms with E-state index in [0.717, 1.165) is 12.2 Å². The summed E-state index contributed by atoms with van der Waals surface area (Å²) in [5.74, 6) is 1.15. The van der Waals surface area contributed by atoms with Crippen LogP contribution in [0.15, 0.2) is 53.1 Å². The summed E-state index contributed by atoms with van der Waals surface area (Å²) < 4.78 is 5.44. The number of rotatable bonds is 3. The number of carbonyl (C=O) groups is 1. The highest BCUT2D eigenvalue weighted by atomic mass is 16.3. The van der Waals surface area contributed by atoms with Crippen molar-refractivity contribution >= 4 is 5.91 Å². The van der Waals surface area contributed by atoms with Gasteiger partial charge in [0.05, 0.1) is 6.26 Å². The molecule has 0 spiro atoms. The molecule has 2 aromatic rings. The Morgan fingerprint density at radius 1 is 1.17 bits per heavy atom. The SMILES string of the molecule is O=C1CC(c2ccco2)C(Cc2ccccc2)N1. The van der Waals surface area contributed by atoms with Crippen LogP contribution in [-0.2, 0) is 11.2 Å². The van der Waals surface area contributed by atoms with Crippen LogP contribution >= 0.6 is 0 Å². The average Bonchev–Trinajstić information content (AvgIpc) is 3.00. The molecule has 1 aliphatic heterocycles. The van der Waals surface area contributed by atoms with Gasteiger partial charge in [-0.3, -0.25) is 4.79 Å². The van der Waals surface area contributed by atoms with Gasteiger partial charge in [-0.05, 0) is 24.1 Å². The fourth-order valence-corrected chi connectivity index (χ4v) is 2.57. The number of furan rings is 1. The van der Waals surface area contributed by atoms with Crippen LogP contribution in [0.25, 0.3) is 0 Å². The van der Waals surface area contributed by atoms with Gasteiger partial charge in [-0.2, -0.15) is 0 Å². The van der Waals surface area contributed by atoms with Crippen LogP contribution in [0, 0.1) is 0 Å². The van der Waals surface area contributed by atoms with Crippen LogP contribution in [0.1, 0.15) is 23.7 Å². The van der Waals surface area contributed by atoms with Gasteiger partial charge in [-0.25, -0.2) is 0 Å². The van der Waals surface area contributed by atoms with Crippen molar-refractivity contribution in [2.75, 3.05) is 0 Å². The molecule has 1 saturated heterocycles. The summed E-state index contributed by atoms with van der Waals surface area (Å²) in [7, 11) is 0. The monoisotopic (exact) mass is 241 g/mol. The summed E-state index contributed by atoms with van der Waals surface area (Å²) in [4.78, 5) is 11.6. The molecule has 2 atom stereocenters. The Kier molecular flexibility index (Phi) is 2.89. The Labute approximate surface area is 106 Å². The maximum Gasteiger partial charge on any atom is 0.221 e. The molecule has 3 heteroatoms. The number of benzene rings is 1. The lowest BCUT2D eigenvalue weighted by atomic mass is 9.92. The lowest BCUT2D eigenvalue weighted by Gasteiger charge is -2.17. The molecular formula is C15H15NO2. The molecule has 2 unspecified atom stereocenters. The maximum atomic E-state index is 11.6. The normalized spacial score (nSPS) is 23.0. The second-order valence-electron chi connectivity index (χ2n) is 4.69. The fraction of sp³-hybridized carbons (Fsp3) is 0.267. The minimum absolute atomic E-state index is 0.109. The fourth-order valence-electron chi connectivity index (χ4n) is 2.57. The highest BCUT2D eigenvalue weighted by Crippen LogP contribution is 2.30. The van der Waals surface area contributed by atoms with Gasteiger partial charge in [-0.1, -0.05) is 30.3 Å². The summed E-state index contributed by atoms with van der Waals surface area (Å²) in [5.41, 5.74) is 1.24. The molecule has 0 aliphatic carbocycles. The van der Waals surface area contributed by atoms with E-state index in [1.54, 1.807) is 6.26 Å². The average molecular weight is 241 g/mol. The summed E-state index contributed by atoms with van der Waals surface area (Å²) in [6.45, 7) is 0. The van der Waals surface area contributed by atoms with Gasteiger partial charge in [0.25, 0.3) is 0 Å². The minimum atomic E-state index is 0.109. The smallest absolute Gasteiger partial charge is 0.221 e. The third-order valence-electron chi connectivity index (χ3n) is 3.44. The number of hydrogen-bond acceptors (Lipinski definition) is 2. The number of amides is 1. The van der Waals surface area contributed by atoms with E-state index in [2.05, 4.69) is 17.4 Å². The molecule has 3 rings (SSSR count). The predicted octanol–water partition coefficient (Wildman–Crippen LogP) is 2.49. The van der Waals surface area contributed by atoms with Crippen molar-refractivity contribution in [2.45, 2.75) is 24.8 Å². The highest BCUT2D eigenvalue weighted by Gasteiger charge is 2.35. The van der Waals surface area contributed by atoms with E-state index in [0.29, 0.717) is 6.42 Å². The summed E-state index contributed by atoms with van der Waals surface area (Å²) in [5, 5.41) is 3.04. The van der Waals surface area contributed by atoms with Crippen molar-refractivity contribution in [3.05, 3.63) is 60.1 Å². The first-order valence-corrected chi connectivity index (χ1v) is 6.19. The molecule has 1 amide bonds. The molecular weight excluding hydrogens is 226 g/mol. The Hall–Kier alpha value is -2.03. The minimum Gasteiger partial charge on any atom is -0.469 e. The zero-order valence-corrected chi connectivity index (χ0v) is 10.0. The van der Waals surface area contributed by atoms with Crippen molar-refractivity contribution in [2.24, 2.45) is 0 Å². The van der Waals surface area contributed by atoms with Crippen molar-refractivity contribution < 1.29 is 9.21 Å². The number of nitrogens with one attached hydrogen (secondary N) is 1. The molecule has 1 aromatic carbocycles. The first-order valence-electron chi connectivity index (χ1n) is 6.19. The van der Waals surface area contributed by atoms with Crippen molar-refractivity contribution in [1.29, 1.82) is 0 Å². The molecule has 92 valence electrons. The van der Waals surface area contributed by atoms with E-state index in [9.17, 15) is 4.79 Å². The number of hydrogen-bond donors (Lipinski definition) is 1. The molecule has 2 heterocycles. The van der Waals surface area contributed by atoms with Crippen LogP contribution in [0.4, 0.5) is 0 Å². The highest BCUT2D eigenvalue weighted by molar-refractivity contribution is 5.80. The standard InChI is InChI=1S/C15H15NO2/c17-15-10-12(14-7-4-8-18-14)13(16-15)9-11-5-2-1-3-6-11/h1-8,12-13H,9-10H2,(H,16,17). The van der Waals surface area contributed by atoms with Crippen molar-refractivity contribution in [3.8, 4) is 0 Å². The van der Waals surface area contributed by atoms with Gasteiger partial charge in [0, 0.05) is 18.4 Å². The lowest BCUT2D eigenvalue weighted by molar-refractivity contribution is -0.119. The van der Waals surface area contributed by atoms with Crippen molar-refractivity contribution in [3.63, 3.8) is 0 Å². The first kappa shape index (κ1) is 11.1. The molecule has 18 heavy (non-hydrogen) atoms. The second-order valence-corrected chi connectivity index (χ2v) is 4.69. The van der Waals surface area contributed by atoms with Crippen LogP contribution in [-0.4, -0.2) is 11.9 Å². The van der Waals surface area contributed by atoms with Gasteiger partial charge >= 0.3 is 0 Å². The zero-order valence-electron chi connectivity index (χ0n) is 10.0. The topological polar surface area (TPSA) is 42.2 Å². The second kappa shape index (κ2) is 4.69. The van der Waals surface area contributed by atoms with Gasteiger partial charge in [0.2, 0.25) is 5.91 Å². The quantitative estimate of drug-likeness (QED) is 0.897. The molecule has 1 fully saturated rings. The third kappa shape index (κ3) is 2.16. The Morgan fingerprint density at radius 2 is 2.00 bits per heavy atom. The number of carbonyl (C=O) groups excluding carboxylic acids is 1. The summed E-state index contributed by atoms with van der Waals surface area (Å²) in [6.07, 6.45) is 3.03. The van der Waals surface area contributed by atoms with E-state index >= 15 is 0 Å². The van der Waals surface area contributed by atoms with E-state index < -0.39 is 0 Å². The Balaban J connectivity index is 1.80. The summed E-state index contributed by atoms with van der Waals surface area (Å²) in [6, 6.07) is 14.2. The van der Waals surface area contributed by atoms with Crippen LogP contribution in [0.5, 0.6) is 0 Å². The van der Waals surface area contributed by atoms with Gasteiger partial charge in [0.1, 0.15) is 5.76 Å². The maximum absolute atomic E-state index is 11.6. The van der Waals surface area contributed by atoms with Gasteiger partial charge in [-0.15, -0.1) is 0 Å². The van der Waals surface area contributed by atoms with E-state index in [4.69, 9.17) is 4.42 Å². The van der Waals surface area contributed by atoms with Gasteiger partial charge in [0.15, 0.2) is 0 Å². The molecule has 0 bridgehead atoms. The Bertz CT molecular complexity index is 519. The Morgan fingerprint density at radius 3 is 2.72 bits per heavy atom. The summed E-state index contributed by atoms with van der Waals surface area (Å²) >= 11 is 0. The third-order valence-corrected chi connectivity index (χ3v) is 3.44. The molecule has 1 aliphatic rings. The molecule has 1 aromatic heterocycles. The largest absolute Gasteiger partial charge is 0.469 e. The zero-order chi connectivity index (χ0) is 12.4. The molecule has 0 radical (unpaired) electrons. The van der Waals surface area contributed by atoms with Crippen molar-refractivity contribution in [1.82, 2.24) is 5.32 Å². The molecule has 0 saturated carbocycles. The molecule has 1 N–H and O–H groups in total. The van der Waals surface area contributed by atoms with Gasteiger partial charge < -0.3 is 9.73 Å². The van der Waals surface area contributed by atoms with E-state index in [1.807, 2.05) is 30.3 Å². The van der Waals surface area contributed by atoms with E-state index in [-0.39, 0.29) is 17.9 Å². The van der Waals surface area contributed by atoms with Crippen LogP contribution in [0.3, 0.4) is 0 Å². The lowest BCUT2D eigenvalue weighted by Crippen LogP contribution is -2.30. The predicted molar refractivity (Wildman–Crippen MR) is 68.1 cm³/mol.